The third kappa shape index (κ3) is 4.68. The van der Waals surface area contributed by atoms with Crippen LogP contribution >= 0.6 is 0 Å². The van der Waals surface area contributed by atoms with Crippen molar-refractivity contribution in [3.63, 3.8) is 0 Å². The van der Waals surface area contributed by atoms with E-state index in [0.29, 0.717) is 24.7 Å². The Labute approximate surface area is 157 Å². The number of anilines is 1. The van der Waals surface area contributed by atoms with Crippen molar-refractivity contribution in [2.24, 2.45) is 5.92 Å². The largest absolute Gasteiger partial charge is 0.481 e. The summed E-state index contributed by atoms with van der Waals surface area (Å²) in [5.74, 6) is -0.538. The molecule has 0 radical (unpaired) electrons. The van der Waals surface area contributed by atoms with Crippen molar-refractivity contribution in [3.05, 3.63) is 29.2 Å². The molecule has 0 bridgehead atoms. The topological polar surface area (TPSA) is 113 Å². The molecule has 9 nitrogen and oxygen atoms in total. The molecule has 2 N–H and O–H groups in total. The van der Waals surface area contributed by atoms with E-state index in [4.69, 9.17) is 0 Å². The first kappa shape index (κ1) is 19.0. The number of likely N-dealkylation sites (tertiary alicyclic amines) is 1. The highest BCUT2D eigenvalue weighted by atomic mass is 16.4. The average molecular weight is 372 g/mol. The van der Waals surface area contributed by atoms with Crippen molar-refractivity contribution >= 4 is 17.7 Å². The maximum Gasteiger partial charge on any atom is 0.307 e. The van der Waals surface area contributed by atoms with Gasteiger partial charge in [-0.15, -0.1) is 0 Å². The van der Waals surface area contributed by atoms with Gasteiger partial charge in [0.2, 0.25) is 5.91 Å². The van der Waals surface area contributed by atoms with Gasteiger partial charge in [0.25, 0.3) is 5.95 Å². The predicted octanol–water partition coefficient (Wildman–Crippen LogP) is 1.32. The monoisotopic (exact) mass is 372 g/mol. The van der Waals surface area contributed by atoms with Crippen LogP contribution < -0.4 is 5.32 Å². The lowest BCUT2D eigenvalue weighted by Crippen LogP contribution is -2.42. The van der Waals surface area contributed by atoms with Crippen LogP contribution in [0.1, 0.15) is 29.9 Å². The van der Waals surface area contributed by atoms with Crippen molar-refractivity contribution in [1.29, 1.82) is 0 Å². The van der Waals surface area contributed by atoms with Crippen molar-refractivity contribution < 1.29 is 14.7 Å². The lowest BCUT2D eigenvalue weighted by atomic mass is 9.98. The number of carbonyl (C=O) groups is 2. The Balaban J connectivity index is 1.72. The summed E-state index contributed by atoms with van der Waals surface area (Å²) in [6.07, 6.45) is 1.43. The van der Waals surface area contributed by atoms with E-state index in [1.54, 1.807) is 6.07 Å². The molecule has 1 unspecified atom stereocenters. The number of carboxylic acid groups (broad SMARTS) is 1. The summed E-state index contributed by atoms with van der Waals surface area (Å²) in [4.78, 5) is 34.3. The predicted molar refractivity (Wildman–Crippen MR) is 98.8 cm³/mol. The molecule has 1 aliphatic heterocycles. The molecule has 1 aliphatic rings. The molecule has 0 aliphatic carbocycles. The minimum Gasteiger partial charge on any atom is -0.481 e. The van der Waals surface area contributed by atoms with Crippen LogP contribution in [0.3, 0.4) is 0 Å². The normalized spacial score (nSPS) is 17.7. The van der Waals surface area contributed by atoms with Gasteiger partial charge in [-0.1, -0.05) is 0 Å². The van der Waals surface area contributed by atoms with Crippen LogP contribution in [0.25, 0.3) is 5.95 Å². The number of hydrogen-bond donors (Lipinski definition) is 2. The number of hydrogen-bond acceptors (Lipinski definition) is 6. The van der Waals surface area contributed by atoms with E-state index < -0.39 is 11.9 Å². The van der Waals surface area contributed by atoms with Crippen LogP contribution in [0.15, 0.2) is 12.1 Å². The standard InChI is InChI=1S/C18H24N6O3/c1-11-7-12(2)20-18(19-11)24-15(8-13(3)22-24)21-16(25)10-23-6-4-5-14(9-23)17(26)27/h7-8,14H,4-6,9-10H2,1-3H3,(H,21,25)(H,26,27). The number of nitrogens with zero attached hydrogens (tertiary/aromatic N) is 5. The molecule has 1 fully saturated rings. The molecule has 1 atom stereocenters. The third-order valence-corrected chi connectivity index (χ3v) is 4.48. The first-order chi connectivity index (χ1) is 12.8. The Morgan fingerprint density at radius 1 is 1.19 bits per heavy atom. The van der Waals surface area contributed by atoms with Crippen LogP contribution in [0, 0.1) is 26.7 Å². The minimum absolute atomic E-state index is 0.141. The van der Waals surface area contributed by atoms with Gasteiger partial charge in [0.05, 0.1) is 18.2 Å². The molecule has 3 rings (SSSR count). The maximum atomic E-state index is 12.5. The summed E-state index contributed by atoms with van der Waals surface area (Å²) in [6, 6.07) is 3.63. The van der Waals surface area contributed by atoms with E-state index in [9.17, 15) is 14.7 Å². The Hall–Kier alpha value is -2.81. The number of rotatable bonds is 5. The van der Waals surface area contributed by atoms with Gasteiger partial charge in [-0.05, 0) is 46.2 Å². The van der Waals surface area contributed by atoms with Gasteiger partial charge in [0, 0.05) is 24.0 Å². The summed E-state index contributed by atoms with van der Waals surface area (Å²) in [7, 11) is 0. The van der Waals surface area contributed by atoms with Gasteiger partial charge in [-0.2, -0.15) is 9.78 Å². The molecule has 0 spiro atoms. The molecule has 0 aromatic carbocycles. The number of aryl methyl sites for hydroxylation is 3. The minimum atomic E-state index is -0.805. The van der Waals surface area contributed by atoms with Gasteiger partial charge in [-0.3, -0.25) is 14.5 Å². The number of amides is 1. The lowest BCUT2D eigenvalue weighted by molar-refractivity contribution is -0.144. The molecule has 9 heteroatoms. The van der Waals surface area contributed by atoms with Crippen molar-refractivity contribution in [2.45, 2.75) is 33.6 Å². The second-order valence-electron chi connectivity index (χ2n) is 6.99. The average Bonchev–Trinajstić information content (AvgIpc) is 2.94. The molecule has 2 aromatic heterocycles. The van der Waals surface area contributed by atoms with Crippen molar-refractivity contribution in [3.8, 4) is 5.95 Å². The van der Waals surface area contributed by atoms with Crippen LogP contribution in [0.2, 0.25) is 0 Å². The maximum absolute atomic E-state index is 12.5. The highest BCUT2D eigenvalue weighted by molar-refractivity contribution is 5.91. The van der Waals surface area contributed by atoms with E-state index in [1.165, 1.54) is 4.68 Å². The summed E-state index contributed by atoms with van der Waals surface area (Å²) < 4.78 is 1.52. The van der Waals surface area contributed by atoms with Crippen molar-refractivity contribution in [2.75, 3.05) is 25.0 Å². The Bertz CT molecular complexity index is 843. The SMILES string of the molecule is Cc1cc(C)nc(-n2nc(C)cc2NC(=O)CN2CCCC(C(=O)O)C2)n1. The fourth-order valence-corrected chi connectivity index (χ4v) is 3.33. The zero-order valence-electron chi connectivity index (χ0n) is 15.8. The summed E-state index contributed by atoms with van der Waals surface area (Å²) in [5.41, 5.74) is 2.36. The Morgan fingerprint density at radius 3 is 2.56 bits per heavy atom. The molecular formula is C18H24N6O3. The summed E-state index contributed by atoms with van der Waals surface area (Å²) in [6.45, 7) is 6.83. The quantitative estimate of drug-likeness (QED) is 0.814. The number of carboxylic acids is 1. The van der Waals surface area contributed by atoms with E-state index >= 15 is 0 Å². The highest BCUT2D eigenvalue weighted by Gasteiger charge is 2.26. The first-order valence-electron chi connectivity index (χ1n) is 8.96. The molecule has 1 amide bonds. The molecule has 2 aromatic rings. The van der Waals surface area contributed by atoms with Crippen LogP contribution in [-0.2, 0) is 9.59 Å². The molecular weight excluding hydrogens is 348 g/mol. The lowest BCUT2D eigenvalue weighted by Gasteiger charge is -2.29. The van der Waals surface area contributed by atoms with E-state index in [1.807, 2.05) is 31.7 Å². The van der Waals surface area contributed by atoms with E-state index in [0.717, 1.165) is 30.0 Å². The Kier molecular flexibility index (Phi) is 5.50. The van der Waals surface area contributed by atoms with Gasteiger partial charge >= 0.3 is 5.97 Å². The zero-order chi connectivity index (χ0) is 19.6. The smallest absolute Gasteiger partial charge is 0.307 e. The highest BCUT2D eigenvalue weighted by Crippen LogP contribution is 2.18. The van der Waals surface area contributed by atoms with Gasteiger partial charge < -0.3 is 10.4 Å². The molecule has 1 saturated heterocycles. The molecule has 144 valence electrons. The van der Waals surface area contributed by atoms with Gasteiger partial charge in [0.1, 0.15) is 5.82 Å². The van der Waals surface area contributed by atoms with E-state index in [2.05, 4.69) is 20.4 Å². The molecule has 27 heavy (non-hydrogen) atoms. The van der Waals surface area contributed by atoms with Gasteiger partial charge in [0.15, 0.2) is 0 Å². The van der Waals surface area contributed by atoms with E-state index in [-0.39, 0.29) is 12.5 Å². The van der Waals surface area contributed by atoms with Crippen LogP contribution in [0.5, 0.6) is 0 Å². The number of nitrogens with one attached hydrogen (secondary N) is 1. The second kappa shape index (κ2) is 7.83. The number of carbonyl (C=O) groups excluding carboxylic acids is 1. The Morgan fingerprint density at radius 2 is 1.89 bits per heavy atom. The summed E-state index contributed by atoms with van der Waals surface area (Å²) in [5, 5.41) is 16.4. The first-order valence-corrected chi connectivity index (χ1v) is 8.96. The summed E-state index contributed by atoms with van der Waals surface area (Å²) >= 11 is 0. The number of piperidine rings is 1. The fourth-order valence-electron chi connectivity index (χ4n) is 3.33. The van der Waals surface area contributed by atoms with Gasteiger partial charge in [-0.25, -0.2) is 9.97 Å². The second-order valence-corrected chi connectivity index (χ2v) is 6.99. The molecule has 3 heterocycles. The molecule has 0 saturated carbocycles. The fraction of sp³-hybridized carbons (Fsp3) is 0.500. The van der Waals surface area contributed by atoms with Crippen LogP contribution in [-0.4, -0.2) is 61.3 Å². The third-order valence-electron chi connectivity index (χ3n) is 4.48. The van der Waals surface area contributed by atoms with Crippen LogP contribution in [0.4, 0.5) is 5.82 Å². The zero-order valence-corrected chi connectivity index (χ0v) is 15.8. The van der Waals surface area contributed by atoms with Crippen molar-refractivity contribution in [1.82, 2.24) is 24.6 Å². The number of aromatic nitrogens is 4. The number of aliphatic carboxylic acids is 1.